The van der Waals surface area contributed by atoms with Crippen molar-refractivity contribution in [1.82, 2.24) is 0 Å². The first-order valence-corrected chi connectivity index (χ1v) is 6.81. The lowest BCUT2D eigenvalue weighted by Crippen LogP contribution is -2.40. The Kier molecular flexibility index (Phi) is 3.73. The van der Waals surface area contributed by atoms with Crippen LogP contribution in [0.5, 0.6) is 0 Å². The quantitative estimate of drug-likeness (QED) is 0.653. The second kappa shape index (κ2) is 4.25. The molecule has 0 unspecified atom stereocenters. The summed E-state index contributed by atoms with van der Waals surface area (Å²) >= 11 is 2.14. The summed E-state index contributed by atoms with van der Waals surface area (Å²) in [4.78, 5) is 0. The Hall–Kier alpha value is 0.350. The molecule has 0 bridgehead atoms. The number of hydrogen-bond donors (Lipinski definition) is 0. The zero-order valence-electron chi connectivity index (χ0n) is 9.65. The van der Waals surface area contributed by atoms with Crippen molar-refractivity contribution in [3.8, 4) is 0 Å². The van der Waals surface area contributed by atoms with E-state index in [0.29, 0.717) is 10.8 Å². The molecule has 0 aromatic rings. The minimum Gasteiger partial charge on any atom is -0.162 e. The maximum Gasteiger partial charge on any atom is -0.00620 e. The summed E-state index contributed by atoms with van der Waals surface area (Å²) in [5, 5.41) is 0. The summed E-state index contributed by atoms with van der Waals surface area (Å²) in [5.74, 6) is 2.77. The highest BCUT2D eigenvalue weighted by atomic mass is 32.2. The van der Waals surface area contributed by atoms with E-state index in [1.165, 1.54) is 37.2 Å². The van der Waals surface area contributed by atoms with Crippen LogP contribution in [0, 0.1) is 10.8 Å². The molecule has 1 saturated heterocycles. The predicted molar refractivity (Wildman–Crippen MR) is 63.4 cm³/mol. The SMILES string of the molecule is CCC(C)(C)C1(CC)CCSCC1. The molecule has 0 N–H and O–H groups in total. The van der Waals surface area contributed by atoms with Crippen LogP contribution in [0.2, 0.25) is 0 Å². The molecule has 0 aromatic carbocycles. The van der Waals surface area contributed by atoms with Crippen molar-refractivity contribution in [1.29, 1.82) is 0 Å². The average molecular weight is 200 g/mol. The van der Waals surface area contributed by atoms with Gasteiger partial charge in [0, 0.05) is 0 Å². The Labute approximate surface area is 87.9 Å². The molecular weight excluding hydrogens is 176 g/mol. The van der Waals surface area contributed by atoms with E-state index in [2.05, 4.69) is 39.5 Å². The van der Waals surface area contributed by atoms with E-state index < -0.39 is 0 Å². The van der Waals surface area contributed by atoms with E-state index in [0.717, 1.165) is 0 Å². The lowest BCUT2D eigenvalue weighted by atomic mass is 9.59. The second-order valence-electron chi connectivity index (χ2n) is 4.98. The van der Waals surface area contributed by atoms with Gasteiger partial charge in [-0.25, -0.2) is 0 Å². The summed E-state index contributed by atoms with van der Waals surface area (Å²) in [6, 6.07) is 0. The van der Waals surface area contributed by atoms with Gasteiger partial charge in [0.2, 0.25) is 0 Å². The highest BCUT2D eigenvalue weighted by Crippen LogP contribution is 2.52. The van der Waals surface area contributed by atoms with Crippen molar-refractivity contribution in [2.75, 3.05) is 11.5 Å². The zero-order valence-corrected chi connectivity index (χ0v) is 10.5. The number of rotatable bonds is 3. The van der Waals surface area contributed by atoms with Crippen LogP contribution in [-0.2, 0) is 0 Å². The first kappa shape index (κ1) is 11.4. The number of thioether (sulfide) groups is 1. The van der Waals surface area contributed by atoms with Gasteiger partial charge in [0.15, 0.2) is 0 Å². The van der Waals surface area contributed by atoms with Gasteiger partial charge >= 0.3 is 0 Å². The smallest absolute Gasteiger partial charge is 0.00620 e. The van der Waals surface area contributed by atoms with Crippen LogP contribution >= 0.6 is 11.8 Å². The van der Waals surface area contributed by atoms with Gasteiger partial charge in [0.1, 0.15) is 0 Å². The lowest BCUT2D eigenvalue weighted by molar-refractivity contribution is 0.0477. The summed E-state index contributed by atoms with van der Waals surface area (Å²) in [5.41, 5.74) is 1.19. The molecule has 13 heavy (non-hydrogen) atoms. The predicted octanol–water partition coefficient (Wildman–Crippen LogP) is 4.35. The van der Waals surface area contributed by atoms with Crippen LogP contribution in [0.1, 0.15) is 53.4 Å². The van der Waals surface area contributed by atoms with Crippen molar-refractivity contribution in [3.05, 3.63) is 0 Å². The summed E-state index contributed by atoms with van der Waals surface area (Å²) in [7, 11) is 0. The minimum absolute atomic E-state index is 0.544. The molecule has 0 spiro atoms. The first-order valence-electron chi connectivity index (χ1n) is 5.66. The van der Waals surface area contributed by atoms with Crippen molar-refractivity contribution in [2.24, 2.45) is 10.8 Å². The molecule has 0 atom stereocenters. The van der Waals surface area contributed by atoms with Gasteiger partial charge < -0.3 is 0 Å². The molecule has 1 rings (SSSR count). The molecule has 0 radical (unpaired) electrons. The maximum absolute atomic E-state index is 2.46. The number of hydrogen-bond acceptors (Lipinski definition) is 1. The molecule has 1 heterocycles. The van der Waals surface area contributed by atoms with Gasteiger partial charge in [-0.1, -0.05) is 34.1 Å². The highest BCUT2D eigenvalue weighted by Gasteiger charge is 2.42. The summed E-state index contributed by atoms with van der Waals surface area (Å²) < 4.78 is 0. The molecule has 0 aliphatic carbocycles. The Bertz CT molecular complexity index is 155. The van der Waals surface area contributed by atoms with Crippen LogP contribution in [0.4, 0.5) is 0 Å². The van der Waals surface area contributed by atoms with Crippen molar-refractivity contribution in [2.45, 2.75) is 53.4 Å². The van der Waals surface area contributed by atoms with Crippen LogP contribution in [-0.4, -0.2) is 11.5 Å². The van der Waals surface area contributed by atoms with E-state index in [4.69, 9.17) is 0 Å². The van der Waals surface area contributed by atoms with E-state index in [1.54, 1.807) is 0 Å². The topological polar surface area (TPSA) is 0 Å². The molecule has 78 valence electrons. The third-order valence-corrected chi connectivity index (χ3v) is 5.43. The zero-order chi connectivity index (χ0) is 9.95. The van der Waals surface area contributed by atoms with Gasteiger partial charge in [-0.3, -0.25) is 0 Å². The van der Waals surface area contributed by atoms with Crippen molar-refractivity contribution >= 4 is 11.8 Å². The van der Waals surface area contributed by atoms with E-state index in [-0.39, 0.29) is 0 Å². The second-order valence-corrected chi connectivity index (χ2v) is 6.21. The highest BCUT2D eigenvalue weighted by molar-refractivity contribution is 7.99. The van der Waals surface area contributed by atoms with Gasteiger partial charge in [-0.2, -0.15) is 11.8 Å². The Morgan fingerprint density at radius 1 is 1.15 bits per heavy atom. The molecule has 0 amide bonds. The van der Waals surface area contributed by atoms with Crippen molar-refractivity contribution < 1.29 is 0 Å². The summed E-state index contributed by atoms with van der Waals surface area (Å²) in [6.45, 7) is 9.66. The van der Waals surface area contributed by atoms with Crippen LogP contribution in [0.3, 0.4) is 0 Å². The largest absolute Gasteiger partial charge is 0.162 e. The normalized spacial score (nSPS) is 23.1. The molecule has 1 aliphatic heterocycles. The summed E-state index contributed by atoms with van der Waals surface area (Å²) in [6.07, 6.45) is 5.57. The van der Waals surface area contributed by atoms with Crippen molar-refractivity contribution in [3.63, 3.8) is 0 Å². The molecular formula is C12H24S. The van der Waals surface area contributed by atoms with Gasteiger partial charge in [0.25, 0.3) is 0 Å². The Balaban J connectivity index is 2.78. The third kappa shape index (κ3) is 2.06. The van der Waals surface area contributed by atoms with Crippen LogP contribution in [0.25, 0.3) is 0 Å². The standard InChI is InChI=1S/C12H24S/c1-5-11(3,4)12(6-2)7-9-13-10-8-12/h5-10H2,1-4H3. The minimum atomic E-state index is 0.544. The van der Waals surface area contributed by atoms with E-state index >= 15 is 0 Å². The van der Waals surface area contributed by atoms with Gasteiger partial charge in [0.05, 0.1) is 0 Å². The molecule has 0 aromatic heterocycles. The van der Waals surface area contributed by atoms with E-state index in [1.807, 2.05) is 0 Å². The van der Waals surface area contributed by atoms with Crippen LogP contribution < -0.4 is 0 Å². The van der Waals surface area contributed by atoms with Crippen LogP contribution in [0.15, 0.2) is 0 Å². The Morgan fingerprint density at radius 2 is 1.69 bits per heavy atom. The fourth-order valence-corrected chi connectivity index (χ4v) is 3.92. The first-order chi connectivity index (χ1) is 6.08. The molecule has 1 heteroatoms. The van der Waals surface area contributed by atoms with Gasteiger partial charge in [-0.05, 0) is 41.6 Å². The van der Waals surface area contributed by atoms with E-state index in [9.17, 15) is 0 Å². The third-order valence-electron chi connectivity index (χ3n) is 4.45. The molecule has 1 fully saturated rings. The average Bonchev–Trinajstić information content (AvgIpc) is 2.18. The molecule has 0 nitrogen and oxygen atoms in total. The fraction of sp³-hybridized carbons (Fsp3) is 1.00. The maximum atomic E-state index is 2.46. The fourth-order valence-electron chi connectivity index (χ4n) is 2.65. The monoisotopic (exact) mass is 200 g/mol. The molecule has 0 saturated carbocycles. The Morgan fingerprint density at radius 3 is 2.08 bits per heavy atom. The van der Waals surface area contributed by atoms with Gasteiger partial charge in [-0.15, -0.1) is 0 Å². The lowest BCUT2D eigenvalue weighted by Gasteiger charge is -2.49. The molecule has 1 aliphatic rings.